The molecule has 0 spiro atoms. The van der Waals surface area contributed by atoms with Gasteiger partial charge in [-0.1, -0.05) is 36.4 Å². The summed E-state index contributed by atoms with van der Waals surface area (Å²) in [6.45, 7) is 5.87. The van der Waals surface area contributed by atoms with Crippen molar-refractivity contribution in [3.05, 3.63) is 64.6 Å². The van der Waals surface area contributed by atoms with E-state index < -0.39 is 0 Å². The van der Waals surface area contributed by atoms with E-state index in [1.807, 2.05) is 35.8 Å². The third-order valence-electron chi connectivity index (χ3n) is 9.57. The first-order valence-corrected chi connectivity index (χ1v) is 15.0. The van der Waals surface area contributed by atoms with Crippen molar-refractivity contribution >= 4 is 27.5 Å². The van der Waals surface area contributed by atoms with E-state index in [4.69, 9.17) is 14.7 Å². The third kappa shape index (κ3) is 3.99. The number of nitrogens with zero attached hydrogens (tertiary/aromatic N) is 5. The van der Waals surface area contributed by atoms with Crippen LogP contribution in [0.1, 0.15) is 44.2 Å². The number of piperidine rings is 2. The van der Waals surface area contributed by atoms with E-state index in [9.17, 15) is 4.79 Å². The molecule has 8 rings (SSSR count). The van der Waals surface area contributed by atoms with Crippen molar-refractivity contribution in [1.82, 2.24) is 24.8 Å². The molecule has 206 valence electrons. The minimum absolute atomic E-state index is 0.0160. The first-order chi connectivity index (χ1) is 19.6. The summed E-state index contributed by atoms with van der Waals surface area (Å²) in [5.74, 6) is 1.32. The Morgan fingerprint density at radius 1 is 0.900 bits per heavy atom. The Morgan fingerprint density at radius 2 is 1.65 bits per heavy atom. The number of aryl methyl sites for hydroxylation is 1. The minimum Gasteiger partial charge on any atom is -0.444 e. The van der Waals surface area contributed by atoms with Gasteiger partial charge in [0.1, 0.15) is 11.3 Å². The average molecular weight is 537 g/mol. The summed E-state index contributed by atoms with van der Waals surface area (Å²) in [4.78, 5) is 29.1. The third-order valence-corrected chi connectivity index (χ3v) is 9.57. The van der Waals surface area contributed by atoms with Crippen LogP contribution in [0, 0.1) is 12.8 Å². The van der Waals surface area contributed by atoms with Crippen LogP contribution in [0.3, 0.4) is 0 Å². The zero-order valence-corrected chi connectivity index (χ0v) is 23.1. The minimum atomic E-state index is -0.123. The second-order valence-corrected chi connectivity index (χ2v) is 12.1. The molecule has 8 heteroatoms. The van der Waals surface area contributed by atoms with Gasteiger partial charge < -0.3 is 15.0 Å². The van der Waals surface area contributed by atoms with Crippen LogP contribution in [0.25, 0.3) is 27.4 Å². The molecule has 1 N–H and O–H groups in total. The number of hydrogen-bond donors (Lipinski definition) is 1. The van der Waals surface area contributed by atoms with E-state index in [0.717, 1.165) is 59.5 Å². The maximum Gasteiger partial charge on any atom is 0.320 e. The monoisotopic (exact) mass is 536 g/mol. The van der Waals surface area contributed by atoms with Crippen LogP contribution in [0.4, 0.5) is 5.82 Å². The number of nitrogens with one attached hydrogen (secondary N) is 1. The van der Waals surface area contributed by atoms with Crippen LogP contribution in [0.5, 0.6) is 6.01 Å². The van der Waals surface area contributed by atoms with Crippen LogP contribution in [-0.4, -0.2) is 63.9 Å². The fraction of sp³-hybridized carbons (Fsp3) is 0.469. The molecule has 6 heterocycles. The highest BCUT2D eigenvalue weighted by molar-refractivity contribution is 5.93. The standard InChI is InChI=1S/C32H36N6O2/c1-20-17-26-28(30(39)38(20)27-12-4-8-21-7-2-3-11-25(21)27)34-32(40-31-22-9-5-15-36(31)16-6-10-22)35-29(26)37-18-23-13-14-24(19-37)33-23/h2-4,7-8,11-12,17,22-24,31,33H,5-6,9-10,13-16,18-19H2,1H3. The van der Waals surface area contributed by atoms with Crippen LogP contribution in [-0.2, 0) is 0 Å². The van der Waals surface area contributed by atoms with Crippen LogP contribution in [0.15, 0.2) is 53.3 Å². The van der Waals surface area contributed by atoms with Crippen molar-refractivity contribution in [1.29, 1.82) is 0 Å². The number of fused-ring (bicyclic) bond motifs is 6. The zero-order chi connectivity index (χ0) is 26.8. The first kappa shape index (κ1) is 24.3. The average Bonchev–Trinajstić information content (AvgIpc) is 3.30. The Hall–Kier alpha value is -3.49. The predicted molar refractivity (Wildman–Crippen MR) is 157 cm³/mol. The predicted octanol–water partition coefficient (Wildman–Crippen LogP) is 4.39. The van der Waals surface area contributed by atoms with Gasteiger partial charge in [0.25, 0.3) is 5.56 Å². The lowest BCUT2D eigenvalue weighted by molar-refractivity contribution is -0.0770. The van der Waals surface area contributed by atoms with Crippen molar-refractivity contribution in [2.75, 3.05) is 31.1 Å². The van der Waals surface area contributed by atoms with Gasteiger partial charge in [-0.25, -0.2) is 0 Å². The lowest BCUT2D eigenvalue weighted by atomic mass is 9.87. The number of hydrogen-bond acceptors (Lipinski definition) is 7. The Bertz CT molecular complexity index is 1630. The number of ether oxygens (including phenoxy) is 1. The molecule has 4 aliphatic heterocycles. The highest BCUT2D eigenvalue weighted by Crippen LogP contribution is 2.35. The lowest BCUT2D eigenvalue weighted by Gasteiger charge is -2.44. The van der Waals surface area contributed by atoms with Crippen LogP contribution < -0.4 is 20.5 Å². The summed E-state index contributed by atoms with van der Waals surface area (Å²) in [5, 5.41) is 6.69. The number of pyridine rings is 1. The first-order valence-electron chi connectivity index (χ1n) is 15.0. The van der Waals surface area contributed by atoms with Crippen molar-refractivity contribution in [2.24, 2.45) is 5.92 Å². The van der Waals surface area contributed by atoms with E-state index in [0.29, 0.717) is 29.5 Å². The van der Waals surface area contributed by atoms with Gasteiger partial charge in [-0.05, 0) is 63.0 Å². The van der Waals surface area contributed by atoms with Gasteiger partial charge in [-0.2, -0.15) is 9.97 Å². The number of piperazine rings is 1. The number of benzene rings is 2. The molecular formula is C32H36N6O2. The van der Waals surface area contributed by atoms with E-state index >= 15 is 0 Å². The molecule has 2 aromatic carbocycles. The van der Waals surface area contributed by atoms with E-state index in [1.165, 1.54) is 38.5 Å². The summed E-state index contributed by atoms with van der Waals surface area (Å²) >= 11 is 0. The molecule has 2 aromatic heterocycles. The maximum absolute atomic E-state index is 14.4. The fourth-order valence-electron chi connectivity index (χ4n) is 7.73. The number of anilines is 1. The molecule has 3 atom stereocenters. The smallest absolute Gasteiger partial charge is 0.320 e. The van der Waals surface area contributed by atoms with Crippen LogP contribution in [0.2, 0.25) is 0 Å². The SMILES string of the molecule is Cc1cc2c(N3CC4CCC(C3)N4)nc(OC3C4CCCN3CCC4)nc2c(=O)n1-c1cccc2ccccc12. The molecule has 40 heavy (non-hydrogen) atoms. The molecule has 4 aliphatic rings. The Labute approximate surface area is 234 Å². The molecular weight excluding hydrogens is 500 g/mol. The largest absolute Gasteiger partial charge is 0.444 e. The lowest BCUT2D eigenvalue weighted by Crippen LogP contribution is -2.52. The molecule has 8 nitrogen and oxygen atoms in total. The second kappa shape index (κ2) is 9.56. The summed E-state index contributed by atoms with van der Waals surface area (Å²) in [5.41, 5.74) is 2.05. The highest BCUT2D eigenvalue weighted by atomic mass is 16.5. The second-order valence-electron chi connectivity index (χ2n) is 12.1. The van der Waals surface area contributed by atoms with E-state index in [-0.39, 0.29) is 11.8 Å². The molecule has 0 radical (unpaired) electrons. The van der Waals surface area contributed by atoms with Crippen molar-refractivity contribution in [3.63, 3.8) is 0 Å². The van der Waals surface area contributed by atoms with E-state index in [1.54, 1.807) is 0 Å². The molecule has 0 saturated carbocycles. The Balaban J connectivity index is 1.30. The van der Waals surface area contributed by atoms with E-state index in [2.05, 4.69) is 39.4 Å². The summed E-state index contributed by atoms with van der Waals surface area (Å²) in [6.07, 6.45) is 7.13. The fourth-order valence-corrected chi connectivity index (χ4v) is 7.73. The Kier molecular flexibility index (Phi) is 5.81. The summed E-state index contributed by atoms with van der Waals surface area (Å²) < 4.78 is 8.46. The normalized spacial score (nSPS) is 27.8. The maximum atomic E-state index is 14.4. The molecule has 0 aliphatic carbocycles. The van der Waals surface area contributed by atoms with Gasteiger partial charge in [0, 0.05) is 55.3 Å². The van der Waals surface area contributed by atoms with Gasteiger partial charge in [0.2, 0.25) is 0 Å². The van der Waals surface area contributed by atoms with Gasteiger partial charge in [0.15, 0.2) is 6.23 Å². The topological polar surface area (TPSA) is 75.5 Å². The van der Waals surface area contributed by atoms with Crippen molar-refractivity contribution in [2.45, 2.75) is 63.8 Å². The van der Waals surface area contributed by atoms with Crippen molar-refractivity contribution < 1.29 is 4.74 Å². The van der Waals surface area contributed by atoms with Gasteiger partial charge in [-0.15, -0.1) is 0 Å². The van der Waals surface area contributed by atoms with Gasteiger partial charge in [0.05, 0.1) is 11.1 Å². The zero-order valence-electron chi connectivity index (χ0n) is 23.1. The Morgan fingerprint density at radius 3 is 2.42 bits per heavy atom. The van der Waals surface area contributed by atoms with Gasteiger partial charge >= 0.3 is 6.01 Å². The molecule has 4 bridgehead atoms. The van der Waals surface area contributed by atoms with Crippen LogP contribution >= 0.6 is 0 Å². The highest BCUT2D eigenvalue weighted by Gasteiger charge is 2.38. The number of rotatable bonds is 4. The molecule has 0 amide bonds. The number of aromatic nitrogens is 3. The molecule has 4 fully saturated rings. The summed E-state index contributed by atoms with van der Waals surface area (Å²) in [6, 6.07) is 17.7. The van der Waals surface area contributed by atoms with Crippen molar-refractivity contribution in [3.8, 4) is 11.7 Å². The summed E-state index contributed by atoms with van der Waals surface area (Å²) in [7, 11) is 0. The van der Waals surface area contributed by atoms with Gasteiger partial charge in [-0.3, -0.25) is 14.3 Å². The quantitative estimate of drug-likeness (QED) is 0.415. The molecule has 3 unspecified atom stereocenters. The molecule has 4 aromatic rings. The molecule has 4 saturated heterocycles.